The summed E-state index contributed by atoms with van der Waals surface area (Å²) >= 11 is 6.01. The Morgan fingerprint density at radius 3 is 2.57 bits per heavy atom. The molecule has 0 saturated heterocycles. The zero-order valence-corrected chi connectivity index (χ0v) is 21.6. The van der Waals surface area contributed by atoms with Crippen molar-refractivity contribution in [3.05, 3.63) is 57.4 Å². The molecule has 14 heteroatoms. The quantitative estimate of drug-likeness (QED) is 0.195. The lowest BCUT2D eigenvalue weighted by Gasteiger charge is -2.26. The van der Waals surface area contributed by atoms with Gasteiger partial charge in [-0.15, -0.1) is 0 Å². The molecular formula is C23H28ClN5O8. The Kier molecular flexibility index (Phi) is 10.0. The van der Waals surface area contributed by atoms with Gasteiger partial charge in [0.05, 0.1) is 36.9 Å². The minimum atomic E-state index is -0.860. The molecule has 200 valence electrons. The number of ether oxygens (including phenoxy) is 3. The number of carbonyl (C=O) groups excluding carboxylic acids is 3. The minimum absolute atomic E-state index is 0.0175. The van der Waals surface area contributed by atoms with Crippen LogP contribution in [0.1, 0.15) is 37.6 Å². The van der Waals surface area contributed by atoms with E-state index in [2.05, 4.69) is 9.84 Å². The molecular weight excluding hydrogens is 510 g/mol. The first-order valence-electron chi connectivity index (χ1n) is 11.0. The van der Waals surface area contributed by atoms with Gasteiger partial charge in [0, 0.05) is 24.4 Å². The molecule has 0 fully saturated rings. The number of esters is 1. The SMILES string of the molecule is COC(=O)CCN(C(=O)OC(C)(C)C)c1cnn(C/C=C/COc2cc(C(N)=O)cc([N+](=O)[O-])c2Cl)c1. The molecule has 0 saturated carbocycles. The molecule has 2 N–H and O–H groups in total. The maximum Gasteiger partial charge on any atom is 0.414 e. The molecule has 0 aliphatic rings. The van der Waals surface area contributed by atoms with Crippen LogP contribution in [0, 0.1) is 10.1 Å². The van der Waals surface area contributed by atoms with Crippen molar-refractivity contribution >= 4 is 40.9 Å². The van der Waals surface area contributed by atoms with Crippen molar-refractivity contribution in [2.45, 2.75) is 39.3 Å². The second-order valence-corrected chi connectivity index (χ2v) is 8.97. The van der Waals surface area contributed by atoms with Gasteiger partial charge in [-0.2, -0.15) is 5.10 Å². The topological polar surface area (TPSA) is 169 Å². The van der Waals surface area contributed by atoms with Crippen LogP contribution in [0.2, 0.25) is 5.02 Å². The molecule has 0 radical (unpaired) electrons. The molecule has 1 aromatic heterocycles. The number of benzene rings is 1. The fraction of sp³-hybridized carbons (Fsp3) is 0.391. The van der Waals surface area contributed by atoms with Gasteiger partial charge in [-0.05, 0) is 32.9 Å². The van der Waals surface area contributed by atoms with Crippen molar-refractivity contribution in [3.8, 4) is 5.75 Å². The molecule has 2 amide bonds. The van der Waals surface area contributed by atoms with Crippen LogP contribution in [-0.4, -0.2) is 58.5 Å². The molecule has 2 rings (SSSR count). The van der Waals surface area contributed by atoms with Crippen LogP contribution in [0.3, 0.4) is 0 Å². The van der Waals surface area contributed by atoms with E-state index in [1.54, 1.807) is 39.1 Å². The lowest BCUT2D eigenvalue weighted by atomic mass is 10.2. The van der Waals surface area contributed by atoms with Crippen molar-refractivity contribution in [2.24, 2.45) is 5.73 Å². The van der Waals surface area contributed by atoms with Gasteiger partial charge in [-0.3, -0.25) is 29.3 Å². The summed E-state index contributed by atoms with van der Waals surface area (Å²) in [5, 5.41) is 15.1. The van der Waals surface area contributed by atoms with Crippen LogP contribution in [-0.2, 0) is 20.8 Å². The van der Waals surface area contributed by atoms with E-state index >= 15 is 0 Å². The lowest BCUT2D eigenvalue weighted by molar-refractivity contribution is -0.384. The Labute approximate surface area is 217 Å². The van der Waals surface area contributed by atoms with Gasteiger partial charge < -0.3 is 19.9 Å². The normalized spacial score (nSPS) is 11.3. The van der Waals surface area contributed by atoms with Crippen LogP contribution in [0.15, 0.2) is 36.7 Å². The summed E-state index contributed by atoms with van der Waals surface area (Å²) in [5.74, 6) is -1.40. The number of hydrogen-bond acceptors (Lipinski definition) is 9. The van der Waals surface area contributed by atoms with E-state index in [1.165, 1.54) is 29.0 Å². The standard InChI is InChI=1S/C23H28ClN5O8/c1-23(2,3)37-22(32)28(9-7-19(30)35-4)16-13-26-27(14-16)8-5-6-10-36-18-12-15(21(25)31)11-17(20(18)24)29(33)34/h5-6,11-14H,7-10H2,1-4H3,(H2,25,31)/b6-5+. The number of halogens is 1. The zero-order chi connectivity index (χ0) is 27.8. The number of nitro benzene ring substituents is 1. The predicted octanol–water partition coefficient (Wildman–Crippen LogP) is 3.48. The lowest BCUT2D eigenvalue weighted by Crippen LogP contribution is -2.38. The number of methoxy groups -OCH3 is 1. The van der Waals surface area contributed by atoms with Gasteiger partial charge in [0.25, 0.3) is 5.69 Å². The second kappa shape index (κ2) is 12.7. The summed E-state index contributed by atoms with van der Waals surface area (Å²) in [7, 11) is 1.26. The molecule has 13 nitrogen and oxygen atoms in total. The van der Waals surface area contributed by atoms with E-state index in [1.807, 2.05) is 0 Å². The molecule has 0 unspecified atom stereocenters. The number of nitro groups is 1. The third kappa shape index (κ3) is 8.79. The van der Waals surface area contributed by atoms with Crippen molar-refractivity contribution in [2.75, 3.05) is 25.2 Å². The molecule has 0 aliphatic carbocycles. The van der Waals surface area contributed by atoms with Crippen LogP contribution in [0.5, 0.6) is 5.75 Å². The fourth-order valence-corrected chi connectivity index (χ4v) is 3.12. The Bertz CT molecular complexity index is 1190. The summed E-state index contributed by atoms with van der Waals surface area (Å²) in [5.41, 5.74) is 4.29. The Hall–Kier alpha value is -4.13. The van der Waals surface area contributed by atoms with Crippen molar-refractivity contribution in [3.63, 3.8) is 0 Å². The molecule has 1 aromatic carbocycles. The van der Waals surface area contributed by atoms with E-state index in [0.717, 1.165) is 6.07 Å². The highest BCUT2D eigenvalue weighted by molar-refractivity contribution is 6.34. The van der Waals surface area contributed by atoms with E-state index in [4.69, 9.17) is 26.8 Å². The largest absolute Gasteiger partial charge is 0.488 e. The van der Waals surface area contributed by atoms with Crippen LogP contribution >= 0.6 is 11.6 Å². The van der Waals surface area contributed by atoms with Gasteiger partial charge >= 0.3 is 12.1 Å². The monoisotopic (exact) mass is 537 g/mol. The molecule has 1 heterocycles. The fourth-order valence-electron chi connectivity index (χ4n) is 2.89. The number of anilines is 1. The van der Waals surface area contributed by atoms with E-state index < -0.39 is 34.2 Å². The van der Waals surface area contributed by atoms with Crippen molar-refractivity contribution in [1.29, 1.82) is 0 Å². The van der Waals surface area contributed by atoms with Crippen molar-refractivity contribution < 1.29 is 33.5 Å². The molecule has 37 heavy (non-hydrogen) atoms. The number of rotatable bonds is 11. The average molecular weight is 538 g/mol. The number of nitrogens with zero attached hydrogens (tertiary/aromatic N) is 4. The van der Waals surface area contributed by atoms with Crippen LogP contribution < -0.4 is 15.4 Å². The van der Waals surface area contributed by atoms with Gasteiger partial charge in [-0.1, -0.05) is 17.7 Å². The number of nitrogens with two attached hydrogens (primary N) is 1. The molecule has 0 spiro atoms. The van der Waals surface area contributed by atoms with E-state index in [-0.39, 0.29) is 42.5 Å². The summed E-state index contributed by atoms with van der Waals surface area (Å²) in [4.78, 5) is 47.4. The molecule has 0 aliphatic heterocycles. The third-order valence-corrected chi connectivity index (χ3v) is 4.99. The number of hydrogen-bond donors (Lipinski definition) is 1. The highest BCUT2D eigenvalue weighted by Gasteiger charge is 2.25. The summed E-state index contributed by atoms with van der Waals surface area (Å²) < 4.78 is 17.1. The first kappa shape index (κ1) is 29.1. The summed E-state index contributed by atoms with van der Waals surface area (Å²) in [6.07, 6.45) is 5.70. The molecule has 2 aromatic rings. The van der Waals surface area contributed by atoms with Crippen LogP contribution in [0.4, 0.5) is 16.2 Å². The molecule has 0 bridgehead atoms. The third-order valence-electron chi connectivity index (χ3n) is 4.61. The maximum atomic E-state index is 12.7. The molecule has 0 atom stereocenters. The first-order chi connectivity index (χ1) is 17.3. The highest BCUT2D eigenvalue weighted by atomic mass is 35.5. The zero-order valence-electron chi connectivity index (χ0n) is 20.8. The predicted molar refractivity (Wildman–Crippen MR) is 134 cm³/mol. The Morgan fingerprint density at radius 1 is 1.27 bits per heavy atom. The maximum absolute atomic E-state index is 12.7. The summed E-state index contributed by atoms with van der Waals surface area (Å²) in [6, 6.07) is 2.21. The number of carbonyl (C=O) groups is 3. The first-order valence-corrected chi connectivity index (χ1v) is 11.4. The van der Waals surface area contributed by atoms with Crippen molar-refractivity contribution in [1.82, 2.24) is 9.78 Å². The van der Waals surface area contributed by atoms with Gasteiger partial charge in [-0.25, -0.2) is 4.79 Å². The highest BCUT2D eigenvalue weighted by Crippen LogP contribution is 2.35. The summed E-state index contributed by atoms with van der Waals surface area (Å²) in [6.45, 7) is 5.50. The number of primary amides is 1. The Balaban J connectivity index is 2.06. The van der Waals surface area contributed by atoms with E-state index in [9.17, 15) is 24.5 Å². The smallest absolute Gasteiger partial charge is 0.414 e. The number of aromatic nitrogens is 2. The minimum Gasteiger partial charge on any atom is -0.488 e. The second-order valence-electron chi connectivity index (χ2n) is 8.59. The average Bonchev–Trinajstić information content (AvgIpc) is 3.26. The van der Waals surface area contributed by atoms with Gasteiger partial charge in [0.1, 0.15) is 18.0 Å². The Morgan fingerprint density at radius 2 is 1.97 bits per heavy atom. The van der Waals surface area contributed by atoms with E-state index in [0.29, 0.717) is 5.69 Å². The number of amides is 2. The van der Waals surface area contributed by atoms with Crippen LogP contribution in [0.25, 0.3) is 0 Å². The van der Waals surface area contributed by atoms with Gasteiger partial charge in [0.2, 0.25) is 5.91 Å². The van der Waals surface area contributed by atoms with Gasteiger partial charge in [0.15, 0.2) is 5.02 Å². The number of allylic oxidation sites excluding steroid dienone is 1.